The molecule has 3 rings (SSSR count). The number of pyridine rings is 1. The summed E-state index contributed by atoms with van der Waals surface area (Å²) in [5.41, 5.74) is 0. The molecule has 1 aromatic carbocycles. The van der Waals surface area contributed by atoms with Gasteiger partial charge < -0.3 is 5.32 Å². The Morgan fingerprint density at radius 2 is 2.12 bits per heavy atom. The molecule has 0 amide bonds. The van der Waals surface area contributed by atoms with Crippen molar-refractivity contribution in [2.75, 3.05) is 19.6 Å². The molecule has 1 unspecified atom stereocenters. The molecule has 0 radical (unpaired) electrons. The number of sulfonamides is 1. The van der Waals surface area contributed by atoms with Crippen molar-refractivity contribution in [1.29, 1.82) is 0 Å². The van der Waals surface area contributed by atoms with Gasteiger partial charge in [-0.3, -0.25) is 0 Å². The Morgan fingerprint density at radius 3 is 2.88 bits per heavy atom. The van der Waals surface area contributed by atoms with Gasteiger partial charge in [-0.1, -0.05) is 37.6 Å². The third kappa shape index (κ3) is 3.42. The second-order valence-electron chi connectivity index (χ2n) is 6.60. The first-order valence-electron chi connectivity index (χ1n) is 8.16. The predicted molar refractivity (Wildman–Crippen MR) is 96.8 cm³/mol. The Kier molecular flexibility index (Phi) is 5.11. The molecule has 1 N–H and O–H groups in total. The minimum atomic E-state index is -3.57. The number of fused-ring (bicyclic) bond motifs is 1. The van der Waals surface area contributed by atoms with Crippen molar-refractivity contribution in [3.63, 3.8) is 0 Å². The smallest absolute Gasteiger partial charge is 0.243 e. The van der Waals surface area contributed by atoms with E-state index < -0.39 is 10.0 Å². The van der Waals surface area contributed by atoms with Crippen LogP contribution >= 0.6 is 11.6 Å². The standard InChI is InChI=1S/C17H22ClN3O2S/c1-12(2)10-13-11-21(9-8-19-13)24(22,23)16-5-3-4-15-14(16)6-7-20-17(15)18/h3-7,12-13,19H,8-11H2,1-2H3. The molecule has 24 heavy (non-hydrogen) atoms. The summed E-state index contributed by atoms with van der Waals surface area (Å²) in [6, 6.07) is 7.06. The Hall–Kier alpha value is -1.21. The first-order valence-corrected chi connectivity index (χ1v) is 9.98. The van der Waals surface area contributed by atoms with Gasteiger partial charge in [0.25, 0.3) is 0 Å². The van der Waals surface area contributed by atoms with Crippen LogP contribution in [-0.2, 0) is 10.0 Å². The lowest BCUT2D eigenvalue weighted by Gasteiger charge is -2.34. The zero-order valence-corrected chi connectivity index (χ0v) is 15.4. The molecular formula is C17H22ClN3O2S. The molecule has 0 bridgehead atoms. The number of hydrogen-bond donors (Lipinski definition) is 1. The number of rotatable bonds is 4. The van der Waals surface area contributed by atoms with Gasteiger partial charge in [0.15, 0.2) is 0 Å². The van der Waals surface area contributed by atoms with E-state index in [4.69, 9.17) is 11.6 Å². The molecule has 130 valence electrons. The van der Waals surface area contributed by atoms with Crippen molar-refractivity contribution < 1.29 is 8.42 Å². The lowest BCUT2D eigenvalue weighted by atomic mass is 10.0. The van der Waals surface area contributed by atoms with Crippen LogP contribution in [0, 0.1) is 5.92 Å². The Morgan fingerprint density at radius 1 is 1.33 bits per heavy atom. The molecule has 0 aliphatic carbocycles. The first-order chi connectivity index (χ1) is 11.4. The summed E-state index contributed by atoms with van der Waals surface area (Å²) in [4.78, 5) is 4.34. The maximum Gasteiger partial charge on any atom is 0.243 e. The van der Waals surface area contributed by atoms with Gasteiger partial charge in [-0.2, -0.15) is 4.31 Å². The number of nitrogens with zero attached hydrogens (tertiary/aromatic N) is 2. The highest BCUT2D eigenvalue weighted by atomic mass is 35.5. The maximum atomic E-state index is 13.2. The van der Waals surface area contributed by atoms with Crippen molar-refractivity contribution in [3.05, 3.63) is 35.6 Å². The van der Waals surface area contributed by atoms with Crippen LogP contribution in [0.2, 0.25) is 5.15 Å². The summed E-state index contributed by atoms with van der Waals surface area (Å²) >= 11 is 6.12. The van der Waals surface area contributed by atoms with E-state index in [0.29, 0.717) is 46.4 Å². The van der Waals surface area contributed by atoms with Crippen molar-refractivity contribution in [2.24, 2.45) is 5.92 Å². The monoisotopic (exact) mass is 367 g/mol. The maximum absolute atomic E-state index is 13.2. The van der Waals surface area contributed by atoms with Crippen molar-refractivity contribution >= 4 is 32.4 Å². The van der Waals surface area contributed by atoms with Crippen LogP contribution in [0.25, 0.3) is 10.8 Å². The van der Waals surface area contributed by atoms with Crippen LogP contribution in [0.5, 0.6) is 0 Å². The second-order valence-corrected chi connectivity index (χ2v) is 8.86. The molecule has 5 nitrogen and oxygen atoms in total. The van der Waals surface area contributed by atoms with Crippen LogP contribution in [0.4, 0.5) is 0 Å². The number of nitrogens with one attached hydrogen (secondary N) is 1. The fraction of sp³-hybridized carbons (Fsp3) is 0.471. The molecular weight excluding hydrogens is 346 g/mol. The van der Waals surface area contributed by atoms with Gasteiger partial charge in [-0.05, 0) is 24.5 Å². The fourth-order valence-electron chi connectivity index (χ4n) is 3.25. The number of hydrogen-bond acceptors (Lipinski definition) is 4. The highest BCUT2D eigenvalue weighted by Crippen LogP contribution is 2.29. The lowest BCUT2D eigenvalue weighted by Crippen LogP contribution is -2.52. The Balaban J connectivity index is 1.98. The average molecular weight is 368 g/mol. The number of aromatic nitrogens is 1. The highest BCUT2D eigenvalue weighted by Gasteiger charge is 2.31. The van der Waals surface area contributed by atoms with Gasteiger partial charge in [-0.25, -0.2) is 13.4 Å². The van der Waals surface area contributed by atoms with E-state index in [2.05, 4.69) is 24.1 Å². The van der Waals surface area contributed by atoms with Crippen LogP contribution in [0.3, 0.4) is 0 Å². The van der Waals surface area contributed by atoms with Gasteiger partial charge in [0.05, 0.1) is 4.90 Å². The second kappa shape index (κ2) is 6.96. The van der Waals surface area contributed by atoms with Gasteiger partial charge in [0.2, 0.25) is 10.0 Å². The first kappa shape index (κ1) is 17.6. The minimum Gasteiger partial charge on any atom is -0.311 e. The van der Waals surface area contributed by atoms with E-state index in [-0.39, 0.29) is 6.04 Å². The SMILES string of the molecule is CC(C)CC1CN(S(=O)(=O)c2cccc3c(Cl)nccc23)CCN1. The van der Waals surface area contributed by atoms with Crippen molar-refractivity contribution in [1.82, 2.24) is 14.6 Å². The van der Waals surface area contributed by atoms with E-state index in [1.165, 1.54) is 0 Å². The predicted octanol–water partition coefficient (Wildman–Crippen LogP) is 2.90. The van der Waals surface area contributed by atoms with Crippen LogP contribution in [-0.4, -0.2) is 43.4 Å². The third-order valence-corrected chi connectivity index (χ3v) is 6.53. The fourth-order valence-corrected chi connectivity index (χ4v) is 5.16. The topological polar surface area (TPSA) is 62.3 Å². The molecule has 1 aliphatic heterocycles. The number of halogens is 1. The average Bonchev–Trinajstić information content (AvgIpc) is 2.54. The molecule has 1 aliphatic rings. The summed E-state index contributed by atoms with van der Waals surface area (Å²) < 4.78 is 27.9. The summed E-state index contributed by atoms with van der Waals surface area (Å²) in [5, 5.41) is 5.02. The lowest BCUT2D eigenvalue weighted by molar-refractivity contribution is 0.272. The Labute approximate surface area is 148 Å². The largest absolute Gasteiger partial charge is 0.311 e. The van der Waals surface area contributed by atoms with E-state index in [9.17, 15) is 8.42 Å². The molecule has 1 saturated heterocycles. The van der Waals surface area contributed by atoms with E-state index >= 15 is 0 Å². The molecule has 1 aromatic heterocycles. The zero-order chi connectivity index (χ0) is 17.3. The van der Waals surface area contributed by atoms with E-state index in [1.807, 2.05) is 0 Å². The van der Waals surface area contributed by atoms with Crippen molar-refractivity contribution in [3.8, 4) is 0 Å². The van der Waals surface area contributed by atoms with Crippen LogP contribution in [0.15, 0.2) is 35.4 Å². The van der Waals surface area contributed by atoms with E-state index in [0.717, 1.165) is 6.42 Å². The van der Waals surface area contributed by atoms with Gasteiger partial charge in [-0.15, -0.1) is 0 Å². The normalized spacial score (nSPS) is 19.9. The van der Waals surface area contributed by atoms with E-state index in [1.54, 1.807) is 34.8 Å². The molecule has 2 heterocycles. The quantitative estimate of drug-likeness (QED) is 0.844. The third-order valence-electron chi connectivity index (χ3n) is 4.31. The minimum absolute atomic E-state index is 0.189. The molecule has 1 fully saturated rings. The van der Waals surface area contributed by atoms with Crippen LogP contribution < -0.4 is 5.32 Å². The molecule has 2 aromatic rings. The van der Waals surface area contributed by atoms with Gasteiger partial charge in [0, 0.05) is 42.6 Å². The van der Waals surface area contributed by atoms with Gasteiger partial charge >= 0.3 is 0 Å². The highest BCUT2D eigenvalue weighted by molar-refractivity contribution is 7.89. The number of benzene rings is 1. The summed E-state index contributed by atoms with van der Waals surface area (Å²) in [6.07, 6.45) is 2.50. The number of piperazine rings is 1. The summed E-state index contributed by atoms with van der Waals surface area (Å²) in [6.45, 7) is 5.94. The summed E-state index contributed by atoms with van der Waals surface area (Å²) in [7, 11) is -3.57. The molecule has 1 atom stereocenters. The zero-order valence-electron chi connectivity index (χ0n) is 13.9. The summed E-state index contributed by atoms with van der Waals surface area (Å²) in [5.74, 6) is 0.521. The van der Waals surface area contributed by atoms with Crippen LogP contribution in [0.1, 0.15) is 20.3 Å². The Bertz CT molecular complexity index is 839. The molecule has 7 heteroatoms. The molecule has 0 saturated carbocycles. The molecule has 0 spiro atoms. The van der Waals surface area contributed by atoms with Crippen molar-refractivity contribution in [2.45, 2.75) is 31.2 Å². The van der Waals surface area contributed by atoms with Gasteiger partial charge in [0.1, 0.15) is 5.15 Å².